The molecule has 0 radical (unpaired) electrons. The molecule has 3 rings (SSSR count). The average Bonchev–Trinajstić information content (AvgIpc) is 2.79. The molecule has 0 fully saturated rings. The van der Waals surface area contributed by atoms with E-state index in [0.717, 1.165) is 12.1 Å². The van der Waals surface area contributed by atoms with Crippen LogP contribution in [0.2, 0.25) is 0 Å². The van der Waals surface area contributed by atoms with Crippen molar-refractivity contribution in [1.82, 2.24) is 4.57 Å². The molecule has 2 heterocycles. The Balaban J connectivity index is 2.36. The molecule has 3 N–H and O–H groups in total. The highest BCUT2D eigenvalue weighted by atomic mass is 16.5. The number of nitriles is 1. The van der Waals surface area contributed by atoms with Crippen LogP contribution in [0.5, 0.6) is 23.0 Å². The van der Waals surface area contributed by atoms with Gasteiger partial charge in [0.1, 0.15) is 17.4 Å². The number of methoxy groups -OCH3 is 3. The van der Waals surface area contributed by atoms with Gasteiger partial charge < -0.3 is 34.4 Å². The van der Waals surface area contributed by atoms with Crippen LogP contribution in [0.25, 0.3) is 0 Å². The Bertz CT molecular complexity index is 1120. The van der Waals surface area contributed by atoms with Gasteiger partial charge in [0.2, 0.25) is 11.6 Å². The molecule has 32 heavy (non-hydrogen) atoms. The first-order valence-electron chi connectivity index (χ1n) is 10.2. The van der Waals surface area contributed by atoms with Crippen molar-refractivity contribution in [2.75, 3.05) is 27.9 Å². The highest BCUT2D eigenvalue weighted by Gasteiger charge is 2.35. The summed E-state index contributed by atoms with van der Waals surface area (Å²) in [7, 11) is 4.46. The molecule has 1 aliphatic heterocycles. The summed E-state index contributed by atoms with van der Waals surface area (Å²) in [6.07, 6.45) is 1.42. The number of ether oxygens (including phenoxy) is 4. The lowest BCUT2D eigenvalue weighted by Gasteiger charge is -2.28. The summed E-state index contributed by atoms with van der Waals surface area (Å²) in [6.45, 7) is 1.92. The number of allylic oxidation sites excluding steroid dienone is 1. The lowest BCUT2D eigenvalue weighted by molar-refractivity contribution is 0.271. The van der Waals surface area contributed by atoms with Gasteiger partial charge in [-0.3, -0.25) is 4.79 Å². The molecule has 0 saturated heterocycles. The number of aryl methyl sites for hydroxylation is 1. The first-order chi connectivity index (χ1) is 15.4. The number of rotatable bonds is 8. The van der Waals surface area contributed by atoms with E-state index in [1.807, 2.05) is 6.92 Å². The number of benzene rings is 1. The molecule has 0 spiro atoms. The van der Waals surface area contributed by atoms with E-state index in [2.05, 4.69) is 6.07 Å². The predicted molar refractivity (Wildman–Crippen MR) is 117 cm³/mol. The molecule has 1 aliphatic rings. The maximum Gasteiger partial charge on any atom is 0.258 e. The molecule has 0 aliphatic carbocycles. The highest BCUT2D eigenvalue weighted by Crippen LogP contribution is 2.46. The van der Waals surface area contributed by atoms with Crippen molar-refractivity contribution in [3.63, 3.8) is 0 Å². The van der Waals surface area contributed by atoms with Crippen molar-refractivity contribution >= 4 is 0 Å². The van der Waals surface area contributed by atoms with Crippen LogP contribution in [-0.2, 0) is 13.0 Å². The van der Waals surface area contributed by atoms with E-state index in [-0.39, 0.29) is 35.7 Å². The van der Waals surface area contributed by atoms with Gasteiger partial charge in [-0.15, -0.1) is 0 Å². The van der Waals surface area contributed by atoms with Gasteiger partial charge >= 0.3 is 0 Å². The molecule has 0 saturated carbocycles. The second-order valence-corrected chi connectivity index (χ2v) is 7.23. The van der Waals surface area contributed by atoms with Crippen LogP contribution in [0.3, 0.4) is 0 Å². The van der Waals surface area contributed by atoms with Crippen LogP contribution in [0.4, 0.5) is 0 Å². The largest absolute Gasteiger partial charge is 0.493 e. The van der Waals surface area contributed by atoms with Gasteiger partial charge in [-0.25, -0.2) is 0 Å². The summed E-state index contributed by atoms with van der Waals surface area (Å²) >= 11 is 0. The van der Waals surface area contributed by atoms with Crippen molar-refractivity contribution < 1.29 is 24.1 Å². The highest BCUT2D eigenvalue weighted by molar-refractivity contribution is 5.61. The van der Waals surface area contributed by atoms with Crippen molar-refractivity contribution in [1.29, 1.82) is 5.26 Å². The lowest BCUT2D eigenvalue weighted by atomic mass is 9.83. The molecule has 0 bridgehead atoms. The summed E-state index contributed by atoms with van der Waals surface area (Å²) in [4.78, 5) is 13.6. The maximum atomic E-state index is 13.6. The van der Waals surface area contributed by atoms with Crippen molar-refractivity contribution in [3.8, 4) is 29.1 Å². The molecule has 170 valence electrons. The zero-order valence-corrected chi connectivity index (χ0v) is 18.6. The molecule has 1 atom stereocenters. The van der Waals surface area contributed by atoms with E-state index in [1.165, 1.54) is 25.9 Å². The number of aromatic nitrogens is 1. The number of nitrogens with two attached hydrogens (primary N) is 1. The van der Waals surface area contributed by atoms with Crippen LogP contribution in [0.1, 0.15) is 36.1 Å². The SMILES string of the molecule is CCCc1cc2c(c(=O)n1CCO)C(c1cc(OC)c(OC)c(OC)c1)C(C#N)=C(N)O2. The zero-order chi connectivity index (χ0) is 23.4. The Kier molecular flexibility index (Phi) is 6.95. The van der Waals surface area contributed by atoms with E-state index in [4.69, 9.17) is 24.7 Å². The molecule has 1 aromatic carbocycles. The minimum atomic E-state index is -0.814. The second-order valence-electron chi connectivity index (χ2n) is 7.23. The van der Waals surface area contributed by atoms with E-state index in [0.29, 0.717) is 35.0 Å². The molecule has 1 unspecified atom stereocenters. The maximum absolute atomic E-state index is 13.6. The Morgan fingerprint density at radius 3 is 2.34 bits per heavy atom. The molecular formula is C23H27N3O6. The topological polar surface area (TPSA) is 129 Å². The van der Waals surface area contributed by atoms with Crippen LogP contribution in [0, 0.1) is 11.3 Å². The summed E-state index contributed by atoms with van der Waals surface area (Å²) in [6, 6.07) is 7.20. The van der Waals surface area contributed by atoms with Crippen LogP contribution >= 0.6 is 0 Å². The quantitative estimate of drug-likeness (QED) is 0.637. The van der Waals surface area contributed by atoms with Gasteiger partial charge in [-0.2, -0.15) is 5.26 Å². The summed E-state index contributed by atoms with van der Waals surface area (Å²) in [5.41, 5.74) is 7.39. The molecule has 9 nitrogen and oxygen atoms in total. The van der Waals surface area contributed by atoms with Crippen LogP contribution in [-0.4, -0.2) is 37.6 Å². The third-order valence-corrected chi connectivity index (χ3v) is 5.42. The Hall–Kier alpha value is -3.64. The number of nitrogens with zero attached hydrogens (tertiary/aromatic N) is 2. The third kappa shape index (κ3) is 3.85. The monoisotopic (exact) mass is 441 g/mol. The Labute approximate surface area is 186 Å². The number of pyridine rings is 1. The molecule has 9 heteroatoms. The minimum absolute atomic E-state index is 0.0690. The van der Waals surface area contributed by atoms with Crippen molar-refractivity contribution in [2.24, 2.45) is 5.73 Å². The van der Waals surface area contributed by atoms with Gasteiger partial charge in [0.05, 0.1) is 39.4 Å². The van der Waals surface area contributed by atoms with Gasteiger partial charge in [0, 0.05) is 18.3 Å². The molecular weight excluding hydrogens is 414 g/mol. The Morgan fingerprint density at radius 2 is 1.84 bits per heavy atom. The summed E-state index contributed by atoms with van der Waals surface area (Å²) in [5.74, 6) is 0.555. The van der Waals surface area contributed by atoms with E-state index in [1.54, 1.807) is 18.2 Å². The zero-order valence-electron chi connectivity index (χ0n) is 18.6. The fourth-order valence-corrected chi connectivity index (χ4v) is 4.03. The van der Waals surface area contributed by atoms with Crippen LogP contribution < -0.4 is 30.2 Å². The molecule has 2 aromatic rings. The lowest BCUT2D eigenvalue weighted by Crippen LogP contribution is -2.34. The summed E-state index contributed by atoms with van der Waals surface area (Å²) in [5, 5.41) is 19.4. The normalized spacial score (nSPS) is 14.9. The van der Waals surface area contributed by atoms with Crippen molar-refractivity contribution in [2.45, 2.75) is 32.2 Å². The number of hydrogen-bond donors (Lipinski definition) is 2. The van der Waals surface area contributed by atoms with E-state index in [9.17, 15) is 15.2 Å². The number of aliphatic hydroxyl groups excluding tert-OH is 1. The fourth-order valence-electron chi connectivity index (χ4n) is 4.03. The standard InChI is InChI=1S/C23H27N3O6/c1-5-6-14-11-16-20(23(28)26(14)7-8-27)19(15(12-24)22(25)32-16)13-9-17(29-2)21(31-4)18(10-13)30-3/h9-11,19,27H,5-8,25H2,1-4H3. The van der Waals surface area contributed by atoms with E-state index < -0.39 is 5.92 Å². The van der Waals surface area contributed by atoms with Gasteiger partial charge in [-0.1, -0.05) is 13.3 Å². The van der Waals surface area contributed by atoms with Crippen molar-refractivity contribution in [3.05, 3.63) is 56.8 Å². The number of aliphatic hydroxyl groups is 1. The smallest absolute Gasteiger partial charge is 0.258 e. The van der Waals surface area contributed by atoms with E-state index >= 15 is 0 Å². The third-order valence-electron chi connectivity index (χ3n) is 5.42. The molecule has 0 amide bonds. The first-order valence-corrected chi connectivity index (χ1v) is 10.2. The predicted octanol–water partition coefficient (Wildman–Crippen LogP) is 2.04. The minimum Gasteiger partial charge on any atom is -0.493 e. The van der Waals surface area contributed by atoms with Crippen LogP contribution in [0.15, 0.2) is 34.4 Å². The second kappa shape index (κ2) is 9.66. The average molecular weight is 441 g/mol. The number of hydrogen-bond acceptors (Lipinski definition) is 8. The Morgan fingerprint density at radius 1 is 1.19 bits per heavy atom. The first kappa shape index (κ1) is 23.0. The number of fused-ring (bicyclic) bond motifs is 1. The van der Waals surface area contributed by atoms with Gasteiger partial charge in [-0.05, 0) is 24.1 Å². The van der Waals surface area contributed by atoms with Gasteiger partial charge in [0.15, 0.2) is 11.5 Å². The van der Waals surface area contributed by atoms with Gasteiger partial charge in [0.25, 0.3) is 5.56 Å². The summed E-state index contributed by atoms with van der Waals surface area (Å²) < 4.78 is 23.5. The molecule has 1 aromatic heterocycles. The fraction of sp³-hybridized carbons (Fsp3) is 0.391.